The summed E-state index contributed by atoms with van der Waals surface area (Å²) in [6.07, 6.45) is 4.92. The highest BCUT2D eigenvalue weighted by atomic mass is 16.4. The van der Waals surface area contributed by atoms with Crippen LogP contribution in [0.2, 0.25) is 0 Å². The minimum absolute atomic E-state index is 0.134. The van der Waals surface area contributed by atoms with Crippen LogP contribution in [0.5, 0.6) is 0 Å². The van der Waals surface area contributed by atoms with Crippen molar-refractivity contribution in [2.24, 2.45) is 11.8 Å². The van der Waals surface area contributed by atoms with Gasteiger partial charge in [0, 0.05) is 12.6 Å². The molecule has 1 unspecified atom stereocenters. The van der Waals surface area contributed by atoms with Gasteiger partial charge < -0.3 is 14.8 Å². The van der Waals surface area contributed by atoms with Gasteiger partial charge in [-0.15, -0.1) is 0 Å². The van der Waals surface area contributed by atoms with E-state index in [1.165, 1.54) is 18.4 Å². The van der Waals surface area contributed by atoms with E-state index in [-0.39, 0.29) is 18.4 Å². The predicted molar refractivity (Wildman–Crippen MR) is 71.3 cm³/mol. The Labute approximate surface area is 112 Å². The molecule has 1 atom stereocenters. The molecule has 0 saturated heterocycles. The molecule has 0 bridgehead atoms. The number of rotatable bonds is 7. The van der Waals surface area contributed by atoms with Gasteiger partial charge in [-0.05, 0) is 30.5 Å². The largest absolute Gasteiger partial charge is 0.481 e. The average Bonchev–Trinajstić information content (AvgIpc) is 2.84. The lowest BCUT2D eigenvalue weighted by Gasteiger charge is -2.14. The number of aliphatic carboxylic acids is 1. The fraction of sp³-hybridized carbons (Fsp3) is 0.429. The quantitative estimate of drug-likeness (QED) is 0.740. The van der Waals surface area contributed by atoms with Gasteiger partial charge in [-0.25, -0.2) is 0 Å². The van der Waals surface area contributed by atoms with Gasteiger partial charge in [0.15, 0.2) is 0 Å². The van der Waals surface area contributed by atoms with Gasteiger partial charge in [-0.3, -0.25) is 9.59 Å². The molecule has 1 aromatic rings. The number of hydrogen-bond acceptors (Lipinski definition) is 3. The van der Waals surface area contributed by atoms with Crippen molar-refractivity contribution in [2.75, 3.05) is 6.54 Å². The SMILES string of the molecule is CC(C)CC(CNC(=O)C=Cc1ccco1)C(=O)O. The van der Waals surface area contributed by atoms with Gasteiger partial charge in [0.2, 0.25) is 5.91 Å². The third-order valence-corrected chi connectivity index (χ3v) is 2.57. The first-order valence-electron chi connectivity index (χ1n) is 6.21. The maximum absolute atomic E-state index is 11.5. The Morgan fingerprint density at radius 1 is 1.47 bits per heavy atom. The number of carboxylic acid groups (broad SMARTS) is 1. The van der Waals surface area contributed by atoms with E-state index < -0.39 is 11.9 Å². The summed E-state index contributed by atoms with van der Waals surface area (Å²) in [7, 11) is 0. The van der Waals surface area contributed by atoms with Gasteiger partial charge in [-0.1, -0.05) is 13.8 Å². The smallest absolute Gasteiger partial charge is 0.308 e. The van der Waals surface area contributed by atoms with Crippen LogP contribution in [0.15, 0.2) is 28.9 Å². The molecule has 0 aliphatic rings. The molecular weight excluding hydrogens is 246 g/mol. The van der Waals surface area contributed by atoms with E-state index in [0.717, 1.165) is 0 Å². The predicted octanol–water partition coefficient (Wildman–Crippen LogP) is 2.16. The van der Waals surface area contributed by atoms with Crippen molar-refractivity contribution in [1.29, 1.82) is 0 Å². The summed E-state index contributed by atoms with van der Waals surface area (Å²) in [6.45, 7) is 4.04. The van der Waals surface area contributed by atoms with Crippen LogP contribution in [0.4, 0.5) is 0 Å². The van der Waals surface area contributed by atoms with Crippen LogP contribution in [-0.4, -0.2) is 23.5 Å². The van der Waals surface area contributed by atoms with Gasteiger partial charge in [0.05, 0.1) is 12.2 Å². The van der Waals surface area contributed by atoms with E-state index in [0.29, 0.717) is 12.2 Å². The van der Waals surface area contributed by atoms with Crippen LogP contribution in [-0.2, 0) is 9.59 Å². The van der Waals surface area contributed by atoms with E-state index in [2.05, 4.69) is 5.32 Å². The Morgan fingerprint density at radius 3 is 2.74 bits per heavy atom. The first-order valence-corrected chi connectivity index (χ1v) is 6.21. The molecule has 0 saturated carbocycles. The Bertz CT molecular complexity index is 434. The maximum atomic E-state index is 11.5. The van der Waals surface area contributed by atoms with Crippen LogP contribution >= 0.6 is 0 Å². The summed E-state index contributed by atoms with van der Waals surface area (Å²) in [6, 6.07) is 3.45. The van der Waals surface area contributed by atoms with E-state index in [9.17, 15) is 9.59 Å². The molecule has 0 aliphatic carbocycles. The molecule has 1 rings (SSSR count). The summed E-state index contributed by atoms with van der Waals surface area (Å²) < 4.78 is 5.04. The first kappa shape index (κ1) is 15.0. The number of nitrogens with one attached hydrogen (secondary N) is 1. The minimum atomic E-state index is -0.885. The summed E-state index contributed by atoms with van der Waals surface area (Å²) in [4.78, 5) is 22.5. The number of carboxylic acids is 1. The zero-order valence-corrected chi connectivity index (χ0v) is 11.1. The third-order valence-electron chi connectivity index (χ3n) is 2.57. The van der Waals surface area contributed by atoms with Crippen molar-refractivity contribution in [1.82, 2.24) is 5.32 Å². The molecular formula is C14H19NO4. The number of carbonyl (C=O) groups is 2. The van der Waals surface area contributed by atoms with E-state index in [4.69, 9.17) is 9.52 Å². The Kier molecular flexibility index (Phi) is 5.85. The molecule has 0 radical (unpaired) electrons. The molecule has 0 fully saturated rings. The summed E-state index contributed by atoms with van der Waals surface area (Å²) in [5, 5.41) is 11.6. The highest BCUT2D eigenvalue weighted by molar-refractivity contribution is 5.91. The standard InChI is InChI=1S/C14H19NO4/c1-10(2)8-11(14(17)18)9-15-13(16)6-5-12-4-3-7-19-12/h3-7,10-11H,8-9H2,1-2H3,(H,15,16)(H,17,18). The molecule has 5 heteroatoms. The maximum Gasteiger partial charge on any atom is 0.308 e. The molecule has 0 aromatic carbocycles. The van der Waals surface area contributed by atoms with Crippen LogP contribution in [0.25, 0.3) is 6.08 Å². The van der Waals surface area contributed by atoms with Crippen molar-refractivity contribution in [3.63, 3.8) is 0 Å². The Morgan fingerprint density at radius 2 is 2.21 bits per heavy atom. The van der Waals surface area contributed by atoms with Crippen LogP contribution < -0.4 is 5.32 Å². The molecule has 1 heterocycles. The van der Waals surface area contributed by atoms with Crippen LogP contribution in [0.3, 0.4) is 0 Å². The highest BCUT2D eigenvalue weighted by Gasteiger charge is 2.19. The van der Waals surface area contributed by atoms with E-state index in [1.807, 2.05) is 13.8 Å². The molecule has 5 nitrogen and oxygen atoms in total. The first-order chi connectivity index (χ1) is 8.99. The van der Waals surface area contributed by atoms with Crippen molar-refractivity contribution in [3.8, 4) is 0 Å². The van der Waals surface area contributed by atoms with Gasteiger partial charge in [0.25, 0.3) is 0 Å². The van der Waals surface area contributed by atoms with Crippen molar-refractivity contribution >= 4 is 18.0 Å². The molecule has 2 N–H and O–H groups in total. The number of carbonyl (C=O) groups excluding carboxylic acids is 1. The van der Waals surface area contributed by atoms with E-state index in [1.54, 1.807) is 12.1 Å². The fourth-order valence-electron chi connectivity index (χ4n) is 1.67. The topological polar surface area (TPSA) is 79.5 Å². The average molecular weight is 265 g/mol. The zero-order valence-electron chi connectivity index (χ0n) is 11.1. The second-order valence-electron chi connectivity index (χ2n) is 4.76. The lowest BCUT2D eigenvalue weighted by Crippen LogP contribution is -2.32. The van der Waals surface area contributed by atoms with Gasteiger partial charge in [0.1, 0.15) is 5.76 Å². The van der Waals surface area contributed by atoms with E-state index >= 15 is 0 Å². The summed E-state index contributed by atoms with van der Waals surface area (Å²) in [5.74, 6) is -0.917. The van der Waals surface area contributed by atoms with Crippen molar-refractivity contribution in [3.05, 3.63) is 30.2 Å². The lowest BCUT2D eigenvalue weighted by atomic mass is 9.97. The Hall–Kier alpha value is -2.04. The molecule has 1 aromatic heterocycles. The van der Waals surface area contributed by atoms with Crippen LogP contribution in [0.1, 0.15) is 26.0 Å². The summed E-state index contributed by atoms with van der Waals surface area (Å²) >= 11 is 0. The van der Waals surface area contributed by atoms with Crippen molar-refractivity contribution in [2.45, 2.75) is 20.3 Å². The normalized spacial score (nSPS) is 12.8. The number of furan rings is 1. The lowest BCUT2D eigenvalue weighted by molar-refractivity contribution is -0.142. The highest BCUT2D eigenvalue weighted by Crippen LogP contribution is 2.11. The minimum Gasteiger partial charge on any atom is -0.481 e. The van der Waals surface area contributed by atoms with Gasteiger partial charge in [-0.2, -0.15) is 0 Å². The van der Waals surface area contributed by atoms with Crippen LogP contribution in [0, 0.1) is 11.8 Å². The fourth-order valence-corrected chi connectivity index (χ4v) is 1.67. The zero-order chi connectivity index (χ0) is 14.3. The molecule has 19 heavy (non-hydrogen) atoms. The summed E-state index contributed by atoms with van der Waals surface area (Å²) in [5.41, 5.74) is 0. The Balaban J connectivity index is 2.41. The monoisotopic (exact) mass is 265 g/mol. The number of hydrogen-bond donors (Lipinski definition) is 2. The second-order valence-corrected chi connectivity index (χ2v) is 4.76. The number of amides is 1. The molecule has 104 valence electrons. The van der Waals surface area contributed by atoms with Gasteiger partial charge >= 0.3 is 5.97 Å². The molecule has 0 spiro atoms. The second kappa shape index (κ2) is 7.41. The molecule has 0 aliphatic heterocycles. The third kappa shape index (κ3) is 5.90. The molecule has 1 amide bonds. The van der Waals surface area contributed by atoms with Crippen molar-refractivity contribution < 1.29 is 19.1 Å².